The Morgan fingerprint density at radius 2 is 1.68 bits per heavy atom. The molecule has 0 spiro atoms. The van der Waals surface area contributed by atoms with Crippen LogP contribution >= 0.6 is 0 Å². The molecular formula is C14H17F6NO. The number of aryl methyl sites for hydroxylation is 1. The summed E-state index contributed by atoms with van der Waals surface area (Å²) in [4.78, 5) is 3.06. The van der Waals surface area contributed by atoms with Crippen LogP contribution in [0.3, 0.4) is 0 Å². The van der Waals surface area contributed by atoms with E-state index in [0.717, 1.165) is 6.92 Å². The van der Waals surface area contributed by atoms with Crippen molar-refractivity contribution in [3.05, 3.63) is 22.9 Å². The van der Waals surface area contributed by atoms with E-state index in [2.05, 4.69) is 4.98 Å². The van der Waals surface area contributed by atoms with Crippen LogP contribution in [0.25, 0.3) is 0 Å². The second-order valence-electron chi connectivity index (χ2n) is 5.39. The van der Waals surface area contributed by atoms with Crippen molar-refractivity contribution >= 4 is 0 Å². The first-order chi connectivity index (χ1) is 9.93. The zero-order chi connectivity index (χ0) is 17.1. The number of aromatic nitrogens is 1. The third kappa shape index (κ3) is 5.06. The van der Waals surface area contributed by atoms with Crippen LogP contribution in [0.4, 0.5) is 26.3 Å². The average Bonchev–Trinajstić information content (AvgIpc) is 2.32. The monoisotopic (exact) mass is 329 g/mol. The van der Waals surface area contributed by atoms with Gasteiger partial charge in [-0.05, 0) is 37.3 Å². The Kier molecular flexibility index (Phi) is 5.70. The standard InChI is InChI=1S/C14H17F6NO/c1-8(2)5-4-6-22-12-10(13(15,16)17)7-9(3)11(21-12)14(18,19)20/h7-8H,4-6H2,1-3H3. The van der Waals surface area contributed by atoms with Crippen LogP contribution in [-0.2, 0) is 12.4 Å². The fourth-order valence-corrected chi connectivity index (χ4v) is 1.86. The van der Waals surface area contributed by atoms with Crippen LogP contribution in [-0.4, -0.2) is 11.6 Å². The highest BCUT2D eigenvalue weighted by molar-refractivity contribution is 5.37. The molecule has 0 N–H and O–H groups in total. The van der Waals surface area contributed by atoms with E-state index in [1.54, 1.807) is 0 Å². The van der Waals surface area contributed by atoms with Crippen LogP contribution in [0, 0.1) is 12.8 Å². The first kappa shape index (κ1) is 18.6. The van der Waals surface area contributed by atoms with Gasteiger partial charge in [-0.3, -0.25) is 0 Å². The molecule has 0 amide bonds. The van der Waals surface area contributed by atoms with Crippen molar-refractivity contribution in [2.75, 3.05) is 6.61 Å². The molecule has 126 valence electrons. The summed E-state index contributed by atoms with van der Waals surface area (Å²) in [6.07, 6.45) is -8.52. The van der Waals surface area contributed by atoms with Crippen molar-refractivity contribution in [3.63, 3.8) is 0 Å². The van der Waals surface area contributed by atoms with E-state index in [9.17, 15) is 26.3 Å². The largest absolute Gasteiger partial charge is 0.477 e. The molecule has 8 heteroatoms. The molecule has 0 saturated carbocycles. The fourth-order valence-electron chi connectivity index (χ4n) is 1.86. The summed E-state index contributed by atoms with van der Waals surface area (Å²) in [7, 11) is 0. The lowest BCUT2D eigenvalue weighted by molar-refractivity contribution is -0.146. The maximum absolute atomic E-state index is 12.9. The number of hydrogen-bond donors (Lipinski definition) is 0. The molecule has 0 radical (unpaired) electrons. The summed E-state index contributed by atoms with van der Waals surface area (Å²) in [5.41, 5.74) is -3.24. The minimum absolute atomic E-state index is 0.116. The predicted molar refractivity (Wildman–Crippen MR) is 68.5 cm³/mol. The SMILES string of the molecule is Cc1cc(C(F)(F)F)c(OCCCC(C)C)nc1C(F)(F)F. The van der Waals surface area contributed by atoms with Crippen molar-refractivity contribution in [2.24, 2.45) is 5.92 Å². The molecule has 1 heterocycles. The summed E-state index contributed by atoms with van der Waals surface area (Å²) in [6, 6.07) is 0.424. The molecule has 0 saturated heterocycles. The molecule has 0 unspecified atom stereocenters. The number of nitrogens with zero attached hydrogens (tertiary/aromatic N) is 1. The third-order valence-electron chi connectivity index (χ3n) is 2.92. The van der Waals surface area contributed by atoms with Crippen molar-refractivity contribution < 1.29 is 31.1 Å². The lowest BCUT2D eigenvalue weighted by Gasteiger charge is -2.17. The first-order valence-electron chi connectivity index (χ1n) is 6.71. The first-order valence-corrected chi connectivity index (χ1v) is 6.71. The molecule has 1 rings (SSSR count). The van der Waals surface area contributed by atoms with Gasteiger partial charge in [0.15, 0.2) is 5.69 Å². The van der Waals surface area contributed by atoms with Crippen molar-refractivity contribution in [1.29, 1.82) is 0 Å². The summed E-state index contributed by atoms with van der Waals surface area (Å²) in [5.74, 6) is -0.698. The van der Waals surface area contributed by atoms with Crippen molar-refractivity contribution in [2.45, 2.75) is 46.0 Å². The van der Waals surface area contributed by atoms with Gasteiger partial charge in [0, 0.05) is 0 Å². The molecule has 0 aliphatic carbocycles. The Balaban J connectivity index is 3.10. The van der Waals surface area contributed by atoms with Crippen molar-refractivity contribution in [1.82, 2.24) is 4.98 Å². The Labute approximate surface area is 124 Å². The van der Waals surface area contributed by atoms with E-state index in [1.165, 1.54) is 0 Å². The molecule has 1 aromatic heterocycles. The number of rotatable bonds is 5. The van der Waals surface area contributed by atoms with Gasteiger partial charge >= 0.3 is 12.4 Å². The second-order valence-corrected chi connectivity index (χ2v) is 5.39. The van der Waals surface area contributed by atoms with E-state index in [4.69, 9.17) is 4.74 Å². The van der Waals surface area contributed by atoms with Gasteiger partial charge < -0.3 is 4.74 Å². The van der Waals surface area contributed by atoms with Crippen LogP contribution in [0.1, 0.15) is 43.5 Å². The molecule has 0 atom stereocenters. The van der Waals surface area contributed by atoms with Gasteiger partial charge in [-0.2, -0.15) is 26.3 Å². The van der Waals surface area contributed by atoms with E-state index in [-0.39, 0.29) is 6.61 Å². The minimum atomic E-state index is -4.83. The van der Waals surface area contributed by atoms with Gasteiger partial charge in [0.25, 0.3) is 0 Å². The fraction of sp³-hybridized carbons (Fsp3) is 0.643. The molecule has 0 aliphatic rings. The number of hydrogen-bond acceptors (Lipinski definition) is 2. The lowest BCUT2D eigenvalue weighted by Crippen LogP contribution is -2.17. The number of pyridine rings is 1. The van der Waals surface area contributed by atoms with Crippen LogP contribution in [0.2, 0.25) is 0 Å². The zero-order valence-electron chi connectivity index (χ0n) is 12.4. The quantitative estimate of drug-likeness (QED) is 0.544. The van der Waals surface area contributed by atoms with E-state index in [1.807, 2.05) is 13.8 Å². The molecule has 1 aromatic rings. The van der Waals surface area contributed by atoms with Crippen molar-refractivity contribution in [3.8, 4) is 5.88 Å². The Bertz CT molecular complexity index is 507. The highest BCUT2D eigenvalue weighted by Gasteiger charge is 2.40. The predicted octanol–water partition coefficient (Wildman–Crippen LogP) is 5.24. The highest BCUT2D eigenvalue weighted by Crippen LogP contribution is 2.39. The topological polar surface area (TPSA) is 22.1 Å². The van der Waals surface area contributed by atoms with Gasteiger partial charge in [0.05, 0.1) is 6.61 Å². The Hall–Kier alpha value is -1.47. The molecule has 0 aromatic carbocycles. The summed E-state index contributed by atoms with van der Waals surface area (Å²) in [6.45, 7) is 4.67. The summed E-state index contributed by atoms with van der Waals surface area (Å²) in [5, 5.41) is 0. The molecular weight excluding hydrogens is 312 g/mol. The molecule has 22 heavy (non-hydrogen) atoms. The highest BCUT2D eigenvalue weighted by atomic mass is 19.4. The van der Waals surface area contributed by atoms with Gasteiger partial charge in [0.2, 0.25) is 5.88 Å². The number of halogens is 6. The smallest absolute Gasteiger partial charge is 0.433 e. The van der Waals surface area contributed by atoms with Crippen LogP contribution in [0.5, 0.6) is 5.88 Å². The molecule has 0 fully saturated rings. The minimum Gasteiger partial charge on any atom is -0.477 e. The average molecular weight is 329 g/mol. The summed E-state index contributed by atoms with van der Waals surface area (Å²) < 4.78 is 81.8. The Morgan fingerprint density at radius 3 is 2.14 bits per heavy atom. The molecule has 2 nitrogen and oxygen atoms in total. The van der Waals surface area contributed by atoms with Gasteiger partial charge in [-0.1, -0.05) is 13.8 Å². The maximum atomic E-state index is 12.9. The van der Waals surface area contributed by atoms with E-state index in [0.29, 0.717) is 24.8 Å². The maximum Gasteiger partial charge on any atom is 0.433 e. The van der Waals surface area contributed by atoms with Gasteiger partial charge in [0.1, 0.15) is 5.56 Å². The van der Waals surface area contributed by atoms with Gasteiger partial charge in [-0.15, -0.1) is 0 Å². The lowest BCUT2D eigenvalue weighted by atomic mass is 10.1. The number of ether oxygens (including phenoxy) is 1. The second kappa shape index (κ2) is 6.75. The van der Waals surface area contributed by atoms with Gasteiger partial charge in [-0.25, -0.2) is 4.98 Å². The molecule has 0 bridgehead atoms. The van der Waals surface area contributed by atoms with E-state index < -0.39 is 35.1 Å². The zero-order valence-corrected chi connectivity index (χ0v) is 12.4. The van der Waals surface area contributed by atoms with E-state index >= 15 is 0 Å². The molecule has 0 aliphatic heterocycles. The number of alkyl halides is 6. The van der Waals surface area contributed by atoms with Crippen LogP contribution < -0.4 is 4.74 Å². The third-order valence-corrected chi connectivity index (χ3v) is 2.92. The Morgan fingerprint density at radius 1 is 1.09 bits per heavy atom. The van der Waals surface area contributed by atoms with Crippen LogP contribution in [0.15, 0.2) is 6.07 Å². The normalized spacial score (nSPS) is 12.8. The summed E-state index contributed by atoms with van der Waals surface area (Å²) >= 11 is 0.